The van der Waals surface area contributed by atoms with Gasteiger partial charge in [-0.05, 0) is 43.7 Å². The average molecular weight is 414 g/mol. The van der Waals surface area contributed by atoms with Crippen LogP contribution in [0.5, 0.6) is 0 Å². The van der Waals surface area contributed by atoms with Crippen LogP contribution >= 0.6 is 0 Å². The molecule has 30 heavy (non-hydrogen) atoms. The zero-order chi connectivity index (χ0) is 21.5. The number of nitrogens with zero attached hydrogens (tertiary/aromatic N) is 2. The number of pyridine rings is 1. The second-order valence-electron chi connectivity index (χ2n) is 7.97. The zero-order valence-electron chi connectivity index (χ0n) is 17.9. The number of unbranched alkanes of at least 4 members (excludes halogenated alkanes) is 1. The van der Waals surface area contributed by atoms with Gasteiger partial charge >= 0.3 is 0 Å². The topological polar surface area (TPSA) is 84.6 Å². The van der Waals surface area contributed by atoms with Gasteiger partial charge in [0.2, 0.25) is 5.43 Å². The molecule has 0 unspecified atom stereocenters. The summed E-state index contributed by atoms with van der Waals surface area (Å²) in [5, 5.41) is 2.79. The molecule has 2 aromatic heterocycles. The minimum absolute atomic E-state index is 0.00798. The Bertz CT molecular complexity index is 913. The average Bonchev–Trinajstić information content (AvgIpc) is 3.41. The first-order chi connectivity index (χ1) is 14.5. The van der Waals surface area contributed by atoms with E-state index in [4.69, 9.17) is 4.42 Å². The van der Waals surface area contributed by atoms with E-state index in [0.29, 0.717) is 37.9 Å². The van der Waals surface area contributed by atoms with Gasteiger partial charge < -0.3 is 19.2 Å². The molecule has 2 aromatic rings. The third-order valence-corrected chi connectivity index (χ3v) is 5.24. The molecule has 1 N–H and O–H groups in total. The summed E-state index contributed by atoms with van der Waals surface area (Å²) in [5.41, 5.74) is -0.480. The Kier molecular flexibility index (Phi) is 7.49. The standard InChI is InChI=1S/C23H31N3O4/c1-3-5-10-24-22(28)19-15-25(14-18-7-6-12-30-18)16-20(21(19)27)23(29)26(11-4-2)13-17-8-9-17/h6-7,12,15-17H,3-5,8-11,13-14H2,1-2H3,(H,24,28). The summed E-state index contributed by atoms with van der Waals surface area (Å²) in [6, 6.07) is 3.60. The van der Waals surface area contributed by atoms with E-state index in [-0.39, 0.29) is 17.0 Å². The highest BCUT2D eigenvalue weighted by atomic mass is 16.3. The second-order valence-corrected chi connectivity index (χ2v) is 7.97. The molecule has 1 saturated carbocycles. The quantitative estimate of drug-likeness (QED) is 0.573. The van der Waals surface area contributed by atoms with E-state index in [9.17, 15) is 14.4 Å². The van der Waals surface area contributed by atoms with Crippen LogP contribution in [0.25, 0.3) is 0 Å². The highest BCUT2D eigenvalue weighted by Gasteiger charge is 2.29. The monoisotopic (exact) mass is 413 g/mol. The van der Waals surface area contributed by atoms with Gasteiger partial charge in [-0.25, -0.2) is 0 Å². The maximum absolute atomic E-state index is 13.3. The fraction of sp³-hybridized carbons (Fsp3) is 0.522. The predicted molar refractivity (Wildman–Crippen MR) is 115 cm³/mol. The summed E-state index contributed by atoms with van der Waals surface area (Å²) in [5.74, 6) is 0.454. The van der Waals surface area contributed by atoms with Gasteiger partial charge in [-0.3, -0.25) is 14.4 Å². The molecule has 0 aromatic carbocycles. The SMILES string of the molecule is CCCCNC(=O)c1cn(Cc2ccco2)cc(C(=O)N(CCC)CC2CC2)c1=O. The lowest BCUT2D eigenvalue weighted by molar-refractivity contribution is 0.0745. The molecule has 0 spiro atoms. The van der Waals surface area contributed by atoms with Crippen LogP contribution in [0.15, 0.2) is 40.0 Å². The van der Waals surface area contributed by atoms with Crippen LogP contribution in [0, 0.1) is 5.92 Å². The van der Waals surface area contributed by atoms with Crippen molar-refractivity contribution in [3.05, 3.63) is 57.9 Å². The van der Waals surface area contributed by atoms with Gasteiger partial charge in [-0.1, -0.05) is 20.3 Å². The molecule has 0 atom stereocenters. The van der Waals surface area contributed by atoms with Crippen molar-refractivity contribution in [2.24, 2.45) is 5.92 Å². The molecule has 7 nitrogen and oxygen atoms in total. The molecule has 2 amide bonds. The van der Waals surface area contributed by atoms with Crippen molar-refractivity contribution in [2.45, 2.75) is 52.5 Å². The maximum Gasteiger partial charge on any atom is 0.259 e. The van der Waals surface area contributed by atoms with Gasteiger partial charge in [-0.2, -0.15) is 0 Å². The zero-order valence-corrected chi connectivity index (χ0v) is 17.9. The molecule has 0 aliphatic heterocycles. The molecule has 1 aliphatic rings. The second kappa shape index (κ2) is 10.3. The highest BCUT2D eigenvalue weighted by molar-refractivity contribution is 5.99. The molecule has 2 heterocycles. The van der Waals surface area contributed by atoms with E-state index in [2.05, 4.69) is 5.32 Å². The summed E-state index contributed by atoms with van der Waals surface area (Å²) in [4.78, 5) is 40.8. The highest BCUT2D eigenvalue weighted by Crippen LogP contribution is 2.30. The van der Waals surface area contributed by atoms with Crippen LogP contribution in [0.1, 0.15) is 72.4 Å². The molecule has 162 valence electrons. The van der Waals surface area contributed by atoms with Gasteiger partial charge in [0.15, 0.2) is 0 Å². The lowest BCUT2D eigenvalue weighted by Gasteiger charge is -2.22. The van der Waals surface area contributed by atoms with Crippen molar-refractivity contribution in [3.63, 3.8) is 0 Å². The van der Waals surface area contributed by atoms with E-state index in [1.165, 1.54) is 6.20 Å². The van der Waals surface area contributed by atoms with Crippen molar-refractivity contribution in [1.82, 2.24) is 14.8 Å². The third kappa shape index (κ3) is 5.62. The normalized spacial score (nSPS) is 13.3. The van der Waals surface area contributed by atoms with E-state index in [1.807, 2.05) is 19.9 Å². The van der Waals surface area contributed by atoms with E-state index in [1.54, 1.807) is 28.0 Å². The van der Waals surface area contributed by atoms with Gasteiger partial charge in [0, 0.05) is 32.0 Å². The smallest absolute Gasteiger partial charge is 0.259 e. The number of rotatable bonds is 11. The molecular weight excluding hydrogens is 382 g/mol. The Labute approximate surface area is 177 Å². The summed E-state index contributed by atoms with van der Waals surface area (Å²) >= 11 is 0. The van der Waals surface area contributed by atoms with Gasteiger partial charge in [-0.15, -0.1) is 0 Å². The first-order valence-corrected chi connectivity index (χ1v) is 10.9. The summed E-state index contributed by atoms with van der Waals surface area (Å²) in [6.45, 7) is 6.13. The first kappa shape index (κ1) is 21.9. The lowest BCUT2D eigenvalue weighted by atomic mass is 10.1. The third-order valence-electron chi connectivity index (χ3n) is 5.24. The van der Waals surface area contributed by atoms with Crippen molar-refractivity contribution < 1.29 is 14.0 Å². The fourth-order valence-corrected chi connectivity index (χ4v) is 3.42. The fourth-order valence-electron chi connectivity index (χ4n) is 3.42. The summed E-state index contributed by atoms with van der Waals surface area (Å²) < 4.78 is 7.08. The number of carbonyl (C=O) groups is 2. The number of aromatic nitrogens is 1. The first-order valence-electron chi connectivity index (χ1n) is 10.9. The molecule has 7 heteroatoms. The van der Waals surface area contributed by atoms with Crippen LogP contribution in [-0.2, 0) is 6.54 Å². The van der Waals surface area contributed by atoms with Gasteiger partial charge in [0.25, 0.3) is 11.8 Å². The molecule has 0 bridgehead atoms. The number of hydrogen-bond donors (Lipinski definition) is 1. The number of nitrogens with one attached hydrogen (secondary N) is 1. The van der Waals surface area contributed by atoms with Crippen LogP contribution in [0.4, 0.5) is 0 Å². The van der Waals surface area contributed by atoms with Gasteiger partial charge in [0.05, 0.1) is 12.8 Å². The molecular formula is C23H31N3O4. The minimum Gasteiger partial charge on any atom is -0.467 e. The minimum atomic E-state index is -0.512. The van der Waals surface area contributed by atoms with Crippen molar-refractivity contribution in [2.75, 3.05) is 19.6 Å². The van der Waals surface area contributed by atoms with Crippen LogP contribution in [0.3, 0.4) is 0 Å². The van der Waals surface area contributed by atoms with Crippen LogP contribution in [-0.4, -0.2) is 40.9 Å². The summed E-state index contributed by atoms with van der Waals surface area (Å²) in [6.07, 6.45) is 9.45. The largest absolute Gasteiger partial charge is 0.467 e. The van der Waals surface area contributed by atoms with E-state index in [0.717, 1.165) is 32.1 Å². The van der Waals surface area contributed by atoms with E-state index < -0.39 is 11.3 Å². The Morgan fingerprint density at radius 3 is 2.60 bits per heavy atom. The molecule has 0 radical (unpaired) electrons. The molecule has 1 aliphatic carbocycles. The number of furan rings is 1. The number of amides is 2. The van der Waals surface area contributed by atoms with Crippen LogP contribution in [0.2, 0.25) is 0 Å². The van der Waals surface area contributed by atoms with Crippen molar-refractivity contribution in [1.29, 1.82) is 0 Å². The Morgan fingerprint density at radius 2 is 1.97 bits per heavy atom. The van der Waals surface area contributed by atoms with Crippen molar-refractivity contribution in [3.8, 4) is 0 Å². The lowest BCUT2D eigenvalue weighted by Crippen LogP contribution is -2.39. The number of carbonyl (C=O) groups excluding carboxylic acids is 2. The maximum atomic E-state index is 13.3. The number of hydrogen-bond acceptors (Lipinski definition) is 4. The molecule has 0 saturated heterocycles. The summed E-state index contributed by atoms with van der Waals surface area (Å²) in [7, 11) is 0. The molecule has 1 fully saturated rings. The van der Waals surface area contributed by atoms with Gasteiger partial charge in [0.1, 0.15) is 16.9 Å². The van der Waals surface area contributed by atoms with Crippen LogP contribution < -0.4 is 10.7 Å². The molecule has 3 rings (SSSR count). The van der Waals surface area contributed by atoms with E-state index >= 15 is 0 Å². The Hall–Kier alpha value is -2.83. The van der Waals surface area contributed by atoms with Crippen molar-refractivity contribution >= 4 is 11.8 Å². The predicted octanol–water partition coefficient (Wildman–Crippen LogP) is 3.28. The Morgan fingerprint density at radius 1 is 1.20 bits per heavy atom. The Balaban J connectivity index is 1.94.